The molecule has 0 fully saturated rings. The Bertz CT molecular complexity index is 385. The van der Waals surface area contributed by atoms with Crippen LogP contribution in [0.3, 0.4) is 0 Å². The van der Waals surface area contributed by atoms with Gasteiger partial charge in [-0.15, -0.1) is 0 Å². The van der Waals surface area contributed by atoms with E-state index in [-0.39, 0.29) is 21.3 Å². The highest BCUT2D eigenvalue weighted by Gasteiger charge is 2.13. The lowest BCUT2D eigenvalue weighted by atomic mass is 10.2. The second kappa shape index (κ2) is 3.73. The molecule has 0 spiro atoms. The fourth-order valence-corrected chi connectivity index (χ4v) is 1.33. The number of rotatable bonds is 1. The minimum atomic E-state index is 0.160. The Hall–Kier alpha value is -1.11. The van der Waals surface area contributed by atoms with Crippen molar-refractivity contribution in [3.05, 3.63) is 21.7 Å². The van der Waals surface area contributed by atoms with Crippen molar-refractivity contribution >= 4 is 28.9 Å². The molecule has 0 aliphatic carbocycles. The van der Waals surface area contributed by atoms with Crippen LogP contribution in [0.1, 0.15) is 5.56 Å². The van der Waals surface area contributed by atoms with E-state index < -0.39 is 0 Å². The van der Waals surface area contributed by atoms with Gasteiger partial charge in [-0.2, -0.15) is 5.26 Å². The van der Waals surface area contributed by atoms with Gasteiger partial charge >= 0.3 is 0 Å². The van der Waals surface area contributed by atoms with Crippen molar-refractivity contribution in [1.29, 1.82) is 5.26 Å². The van der Waals surface area contributed by atoms with Crippen LogP contribution in [0.2, 0.25) is 10.0 Å². The molecule has 0 radical (unpaired) electrons. The highest BCUT2D eigenvalue weighted by molar-refractivity contribution is 6.40. The predicted molar refractivity (Wildman–Crippen MR) is 52.1 cm³/mol. The summed E-state index contributed by atoms with van der Waals surface area (Å²) >= 11 is 11.5. The summed E-state index contributed by atoms with van der Waals surface area (Å²) in [7, 11) is 1.44. The van der Waals surface area contributed by atoms with Gasteiger partial charge in [-0.1, -0.05) is 23.2 Å². The molecule has 0 heterocycles. The van der Waals surface area contributed by atoms with E-state index >= 15 is 0 Å². The summed E-state index contributed by atoms with van der Waals surface area (Å²) < 4.78 is 4.90. The van der Waals surface area contributed by atoms with Gasteiger partial charge in [-0.25, -0.2) is 0 Å². The molecule has 0 saturated carbocycles. The number of ether oxygens (including phenoxy) is 1. The number of hydrogen-bond acceptors (Lipinski definition) is 3. The number of anilines is 1. The molecule has 0 unspecified atom stereocenters. The third-order valence-corrected chi connectivity index (χ3v) is 2.34. The molecule has 1 aromatic rings. The number of nitrogens with zero attached hydrogens (tertiary/aromatic N) is 1. The number of nitrogen functional groups attached to an aromatic ring is 1. The molecule has 68 valence electrons. The molecule has 3 nitrogen and oxygen atoms in total. The van der Waals surface area contributed by atoms with E-state index in [9.17, 15) is 0 Å². The van der Waals surface area contributed by atoms with E-state index in [2.05, 4.69) is 0 Å². The third kappa shape index (κ3) is 1.64. The quantitative estimate of drug-likeness (QED) is 0.735. The summed E-state index contributed by atoms with van der Waals surface area (Å²) in [6.45, 7) is 0. The number of nitrogens with two attached hydrogens (primary N) is 1. The lowest BCUT2D eigenvalue weighted by molar-refractivity contribution is 0.415. The fourth-order valence-electron chi connectivity index (χ4n) is 0.862. The van der Waals surface area contributed by atoms with Crippen molar-refractivity contribution in [3.8, 4) is 11.8 Å². The maximum absolute atomic E-state index is 8.67. The topological polar surface area (TPSA) is 59.0 Å². The Morgan fingerprint density at radius 1 is 1.46 bits per heavy atom. The van der Waals surface area contributed by atoms with Gasteiger partial charge in [0.2, 0.25) is 0 Å². The molecular weight excluding hydrogens is 211 g/mol. The predicted octanol–water partition coefficient (Wildman–Crippen LogP) is 2.46. The number of methoxy groups -OCH3 is 1. The first kappa shape index (κ1) is 9.97. The molecule has 5 heteroatoms. The van der Waals surface area contributed by atoms with Crippen molar-refractivity contribution < 1.29 is 4.74 Å². The number of benzene rings is 1. The van der Waals surface area contributed by atoms with Gasteiger partial charge in [-0.05, 0) is 0 Å². The molecule has 1 aromatic carbocycles. The summed E-state index contributed by atoms with van der Waals surface area (Å²) in [5.41, 5.74) is 5.96. The molecule has 0 amide bonds. The first-order chi connectivity index (χ1) is 6.11. The molecule has 0 aliphatic heterocycles. The zero-order valence-electron chi connectivity index (χ0n) is 6.77. The van der Waals surface area contributed by atoms with E-state index in [0.29, 0.717) is 5.75 Å². The fraction of sp³-hybridized carbons (Fsp3) is 0.125. The Morgan fingerprint density at radius 3 is 2.54 bits per heavy atom. The summed E-state index contributed by atoms with van der Waals surface area (Å²) in [5, 5.41) is 9.05. The molecule has 0 atom stereocenters. The van der Waals surface area contributed by atoms with Crippen LogP contribution in [0.4, 0.5) is 5.69 Å². The second-order valence-corrected chi connectivity index (χ2v) is 3.04. The zero-order valence-corrected chi connectivity index (χ0v) is 8.28. The van der Waals surface area contributed by atoms with E-state index in [1.54, 1.807) is 0 Å². The molecule has 2 N–H and O–H groups in total. The standard InChI is InChI=1S/C8H6Cl2N2O/c1-13-5-2-4(3-11)6(9)8(12)7(5)10/h2H,12H2,1H3. The van der Waals surface area contributed by atoms with Gasteiger partial charge in [0, 0.05) is 6.07 Å². The van der Waals surface area contributed by atoms with Gasteiger partial charge in [0.05, 0.1) is 23.4 Å². The van der Waals surface area contributed by atoms with Gasteiger partial charge < -0.3 is 10.5 Å². The number of halogens is 2. The number of hydrogen-bond donors (Lipinski definition) is 1. The van der Waals surface area contributed by atoms with E-state index in [0.717, 1.165) is 0 Å². The van der Waals surface area contributed by atoms with Gasteiger partial charge in [-0.3, -0.25) is 0 Å². The van der Waals surface area contributed by atoms with Crippen LogP contribution in [0.15, 0.2) is 6.07 Å². The van der Waals surface area contributed by atoms with Crippen LogP contribution in [-0.2, 0) is 0 Å². The van der Waals surface area contributed by atoms with Crippen LogP contribution < -0.4 is 10.5 Å². The smallest absolute Gasteiger partial charge is 0.140 e. The molecule has 0 aromatic heterocycles. The molecule has 13 heavy (non-hydrogen) atoms. The summed E-state index contributed by atoms with van der Waals surface area (Å²) in [6, 6.07) is 3.33. The third-order valence-electron chi connectivity index (χ3n) is 1.54. The zero-order chi connectivity index (χ0) is 10.0. The van der Waals surface area contributed by atoms with Crippen LogP contribution >= 0.6 is 23.2 Å². The maximum atomic E-state index is 8.67. The summed E-state index contributed by atoms with van der Waals surface area (Å²) in [6.07, 6.45) is 0. The maximum Gasteiger partial charge on any atom is 0.140 e. The summed E-state index contributed by atoms with van der Waals surface area (Å²) in [5.74, 6) is 0.347. The van der Waals surface area contributed by atoms with Crippen LogP contribution in [-0.4, -0.2) is 7.11 Å². The van der Waals surface area contributed by atoms with Gasteiger partial charge in [0.15, 0.2) is 0 Å². The average molecular weight is 217 g/mol. The monoisotopic (exact) mass is 216 g/mol. The molecule has 0 bridgehead atoms. The minimum absolute atomic E-state index is 0.160. The highest BCUT2D eigenvalue weighted by atomic mass is 35.5. The van der Waals surface area contributed by atoms with Crippen LogP contribution in [0, 0.1) is 11.3 Å². The van der Waals surface area contributed by atoms with Gasteiger partial charge in [0.25, 0.3) is 0 Å². The van der Waals surface area contributed by atoms with Crippen molar-refractivity contribution in [2.75, 3.05) is 12.8 Å². The Labute approximate surface area is 85.6 Å². The van der Waals surface area contributed by atoms with E-state index in [1.165, 1.54) is 13.2 Å². The first-order valence-corrected chi connectivity index (χ1v) is 4.09. The Morgan fingerprint density at radius 2 is 2.08 bits per heavy atom. The normalized spacial score (nSPS) is 9.38. The summed E-state index contributed by atoms with van der Waals surface area (Å²) in [4.78, 5) is 0. The molecule has 0 aliphatic rings. The largest absolute Gasteiger partial charge is 0.495 e. The average Bonchev–Trinajstić information content (AvgIpc) is 2.15. The van der Waals surface area contributed by atoms with Crippen LogP contribution in [0.25, 0.3) is 0 Å². The van der Waals surface area contributed by atoms with E-state index in [4.69, 9.17) is 38.9 Å². The Balaban J connectivity index is 3.48. The van der Waals surface area contributed by atoms with Crippen molar-refractivity contribution in [2.45, 2.75) is 0 Å². The van der Waals surface area contributed by atoms with Crippen molar-refractivity contribution in [1.82, 2.24) is 0 Å². The van der Waals surface area contributed by atoms with Gasteiger partial charge in [0.1, 0.15) is 16.8 Å². The second-order valence-electron chi connectivity index (χ2n) is 2.28. The minimum Gasteiger partial charge on any atom is -0.495 e. The molecular formula is C8H6Cl2N2O. The molecule has 1 rings (SSSR count). The van der Waals surface area contributed by atoms with Crippen molar-refractivity contribution in [3.63, 3.8) is 0 Å². The first-order valence-electron chi connectivity index (χ1n) is 3.33. The number of nitriles is 1. The highest BCUT2D eigenvalue weighted by Crippen LogP contribution is 2.37. The van der Waals surface area contributed by atoms with Crippen LogP contribution in [0.5, 0.6) is 5.75 Å². The lowest BCUT2D eigenvalue weighted by Crippen LogP contribution is -1.94. The Kier molecular flexibility index (Phi) is 2.86. The van der Waals surface area contributed by atoms with Crippen molar-refractivity contribution in [2.24, 2.45) is 0 Å². The SMILES string of the molecule is COc1cc(C#N)c(Cl)c(N)c1Cl. The lowest BCUT2D eigenvalue weighted by Gasteiger charge is -2.07. The van der Waals surface area contributed by atoms with E-state index in [1.807, 2.05) is 6.07 Å². The molecule has 0 saturated heterocycles.